The molecule has 1 aromatic heterocycles. The van der Waals surface area contributed by atoms with Crippen LogP contribution >= 0.6 is 0 Å². The van der Waals surface area contributed by atoms with E-state index in [1.165, 1.54) is 37.9 Å². The maximum Gasteiger partial charge on any atom is 0.143 e. The molecule has 3 aromatic carbocycles. The standard InChI is InChI=1S/C29H31NO3/c1-21-10-13-24(32-19-18-30-16-6-3-7-17-30)20-26(21)28-25-8-4-5-9-27(25)33-29(28)22-11-14-23(31-2)15-12-22/h4-5,8-15,20H,3,6-7,16-19H2,1-2H3. The molecule has 33 heavy (non-hydrogen) atoms. The molecule has 0 bridgehead atoms. The minimum absolute atomic E-state index is 0.708. The second kappa shape index (κ2) is 9.72. The number of para-hydroxylation sites is 1. The third-order valence-electron chi connectivity index (χ3n) is 6.55. The van der Waals surface area contributed by atoms with Gasteiger partial charge in [0.05, 0.1) is 7.11 Å². The van der Waals surface area contributed by atoms with Crippen molar-refractivity contribution in [3.05, 3.63) is 72.3 Å². The Bertz CT molecular complexity index is 1220. The highest BCUT2D eigenvalue weighted by Gasteiger charge is 2.20. The summed E-state index contributed by atoms with van der Waals surface area (Å²) in [7, 11) is 1.68. The monoisotopic (exact) mass is 441 g/mol. The number of ether oxygens (including phenoxy) is 2. The van der Waals surface area contributed by atoms with E-state index < -0.39 is 0 Å². The van der Waals surface area contributed by atoms with E-state index in [1.54, 1.807) is 7.11 Å². The summed E-state index contributed by atoms with van der Waals surface area (Å²) in [6.45, 7) is 6.21. The van der Waals surface area contributed by atoms with Crippen molar-refractivity contribution < 1.29 is 13.9 Å². The molecule has 0 spiro atoms. The molecule has 1 saturated heterocycles. The van der Waals surface area contributed by atoms with Crippen LogP contribution in [0.15, 0.2) is 71.1 Å². The van der Waals surface area contributed by atoms with Crippen LogP contribution in [0, 0.1) is 6.92 Å². The summed E-state index contributed by atoms with van der Waals surface area (Å²) in [6, 6.07) is 22.7. The molecule has 1 aliphatic rings. The molecule has 0 aliphatic carbocycles. The maximum atomic E-state index is 6.38. The highest BCUT2D eigenvalue weighted by molar-refractivity contribution is 6.02. The lowest BCUT2D eigenvalue weighted by Gasteiger charge is -2.26. The first-order valence-corrected chi connectivity index (χ1v) is 11.8. The minimum atomic E-state index is 0.708. The lowest BCUT2D eigenvalue weighted by molar-refractivity contribution is 0.183. The van der Waals surface area contributed by atoms with Crippen molar-refractivity contribution in [3.8, 4) is 33.9 Å². The van der Waals surface area contributed by atoms with Gasteiger partial charge < -0.3 is 13.9 Å². The Morgan fingerprint density at radius 2 is 1.64 bits per heavy atom. The Kier molecular flexibility index (Phi) is 6.36. The van der Waals surface area contributed by atoms with Crippen molar-refractivity contribution >= 4 is 11.0 Å². The zero-order chi connectivity index (χ0) is 22.6. The van der Waals surface area contributed by atoms with Crippen LogP contribution in [0.4, 0.5) is 0 Å². The van der Waals surface area contributed by atoms with Crippen molar-refractivity contribution in [2.75, 3.05) is 33.4 Å². The average molecular weight is 442 g/mol. The highest BCUT2D eigenvalue weighted by Crippen LogP contribution is 2.43. The largest absolute Gasteiger partial charge is 0.497 e. The highest BCUT2D eigenvalue weighted by atomic mass is 16.5. The van der Waals surface area contributed by atoms with Gasteiger partial charge in [-0.15, -0.1) is 0 Å². The van der Waals surface area contributed by atoms with Gasteiger partial charge in [-0.1, -0.05) is 30.7 Å². The molecule has 1 aliphatic heterocycles. The fourth-order valence-electron chi connectivity index (χ4n) is 4.69. The summed E-state index contributed by atoms with van der Waals surface area (Å²) in [4.78, 5) is 2.50. The van der Waals surface area contributed by atoms with E-state index in [9.17, 15) is 0 Å². The van der Waals surface area contributed by atoms with Gasteiger partial charge in [0, 0.05) is 23.1 Å². The second-order valence-corrected chi connectivity index (χ2v) is 8.76. The number of rotatable bonds is 7. The van der Waals surface area contributed by atoms with E-state index in [0.29, 0.717) is 6.61 Å². The van der Waals surface area contributed by atoms with Crippen LogP contribution in [-0.2, 0) is 0 Å². The molecule has 0 unspecified atom stereocenters. The van der Waals surface area contributed by atoms with Crippen LogP contribution in [0.5, 0.6) is 11.5 Å². The first-order chi connectivity index (χ1) is 16.2. The number of piperidine rings is 1. The average Bonchev–Trinajstić information content (AvgIpc) is 3.25. The fraction of sp³-hybridized carbons (Fsp3) is 0.310. The fourth-order valence-corrected chi connectivity index (χ4v) is 4.69. The van der Waals surface area contributed by atoms with Gasteiger partial charge in [0.1, 0.15) is 29.4 Å². The van der Waals surface area contributed by atoms with Crippen LogP contribution in [0.2, 0.25) is 0 Å². The van der Waals surface area contributed by atoms with Crippen molar-refractivity contribution in [1.82, 2.24) is 4.90 Å². The normalized spacial score (nSPS) is 14.5. The number of methoxy groups -OCH3 is 1. The van der Waals surface area contributed by atoms with Crippen molar-refractivity contribution in [3.63, 3.8) is 0 Å². The summed E-state index contributed by atoms with van der Waals surface area (Å²) in [5, 5.41) is 1.11. The molecule has 4 aromatic rings. The first-order valence-electron chi connectivity index (χ1n) is 11.8. The lowest BCUT2D eigenvalue weighted by atomic mass is 9.95. The van der Waals surface area contributed by atoms with E-state index >= 15 is 0 Å². The summed E-state index contributed by atoms with van der Waals surface area (Å²) in [5.41, 5.74) is 5.35. The molecule has 1 fully saturated rings. The Balaban J connectivity index is 1.49. The van der Waals surface area contributed by atoms with Crippen molar-refractivity contribution in [1.29, 1.82) is 0 Å². The summed E-state index contributed by atoms with van der Waals surface area (Å²) in [6.07, 6.45) is 3.96. The Hall–Kier alpha value is -3.24. The number of hydrogen-bond donors (Lipinski definition) is 0. The summed E-state index contributed by atoms with van der Waals surface area (Å²) < 4.78 is 17.9. The van der Waals surface area contributed by atoms with E-state index in [-0.39, 0.29) is 0 Å². The number of likely N-dealkylation sites (tertiary alicyclic amines) is 1. The van der Waals surface area contributed by atoms with Gasteiger partial charge in [-0.25, -0.2) is 0 Å². The van der Waals surface area contributed by atoms with Gasteiger partial charge in [-0.3, -0.25) is 4.90 Å². The summed E-state index contributed by atoms with van der Waals surface area (Å²) >= 11 is 0. The number of nitrogens with zero attached hydrogens (tertiary/aromatic N) is 1. The summed E-state index contributed by atoms with van der Waals surface area (Å²) in [5.74, 6) is 2.60. The second-order valence-electron chi connectivity index (χ2n) is 8.76. The van der Waals surface area contributed by atoms with Gasteiger partial charge in [0.2, 0.25) is 0 Å². The lowest BCUT2D eigenvalue weighted by Crippen LogP contribution is -2.33. The van der Waals surface area contributed by atoms with Crippen LogP contribution < -0.4 is 9.47 Å². The van der Waals surface area contributed by atoms with Crippen molar-refractivity contribution in [2.45, 2.75) is 26.2 Å². The van der Waals surface area contributed by atoms with E-state index in [0.717, 1.165) is 51.5 Å². The van der Waals surface area contributed by atoms with E-state index in [4.69, 9.17) is 13.9 Å². The van der Waals surface area contributed by atoms with Crippen LogP contribution in [0.3, 0.4) is 0 Å². The van der Waals surface area contributed by atoms with Crippen LogP contribution in [0.1, 0.15) is 24.8 Å². The molecular weight excluding hydrogens is 410 g/mol. The number of furan rings is 1. The molecule has 0 amide bonds. The van der Waals surface area contributed by atoms with Gasteiger partial charge in [-0.05, 0) is 86.4 Å². The molecular formula is C29H31NO3. The van der Waals surface area contributed by atoms with E-state index in [1.807, 2.05) is 36.4 Å². The number of fused-ring (bicyclic) bond motifs is 1. The number of aryl methyl sites for hydroxylation is 1. The maximum absolute atomic E-state index is 6.38. The quantitative estimate of drug-likeness (QED) is 0.311. The molecule has 2 heterocycles. The predicted molar refractivity (Wildman–Crippen MR) is 134 cm³/mol. The number of benzene rings is 3. The van der Waals surface area contributed by atoms with Crippen molar-refractivity contribution in [2.24, 2.45) is 0 Å². The van der Waals surface area contributed by atoms with Gasteiger partial charge in [0.15, 0.2) is 0 Å². The molecule has 0 atom stereocenters. The molecule has 0 N–H and O–H groups in total. The third-order valence-corrected chi connectivity index (χ3v) is 6.55. The van der Waals surface area contributed by atoms with Gasteiger partial charge in [0.25, 0.3) is 0 Å². The molecule has 0 saturated carbocycles. The van der Waals surface area contributed by atoms with Gasteiger partial charge in [-0.2, -0.15) is 0 Å². The number of hydrogen-bond acceptors (Lipinski definition) is 4. The Morgan fingerprint density at radius 1 is 0.879 bits per heavy atom. The Labute approximate surface area is 195 Å². The van der Waals surface area contributed by atoms with Gasteiger partial charge >= 0.3 is 0 Å². The molecule has 4 nitrogen and oxygen atoms in total. The molecule has 0 radical (unpaired) electrons. The zero-order valence-corrected chi connectivity index (χ0v) is 19.5. The smallest absolute Gasteiger partial charge is 0.143 e. The SMILES string of the molecule is COc1ccc(-c2oc3ccccc3c2-c2cc(OCCN3CCCCC3)ccc2C)cc1. The third kappa shape index (κ3) is 4.62. The zero-order valence-electron chi connectivity index (χ0n) is 19.5. The molecule has 170 valence electrons. The minimum Gasteiger partial charge on any atom is -0.497 e. The first kappa shape index (κ1) is 21.6. The molecule has 5 rings (SSSR count). The predicted octanol–water partition coefficient (Wildman–Crippen LogP) is 6.95. The van der Waals surface area contributed by atoms with Crippen LogP contribution in [-0.4, -0.2) is 38.3 Å². The van der Waals surface area contributed by atoms with E-state index in [2.05, 4.69) is 42.2 Å². The molecule has 4 heteroatoms. The Morgan fingerprint density at radius 3 is 2.42 bits per heavy atom. The van der Waals surface area contributed by atoms with Crippen LogP contribution in [0.25, 0.3) is 33.4 Å². The topological polar surface area (TPSA) is 34.8 Å².